The third-order valence-corrected chi connectivity index (χ3v) is 2.86. The Hall–Kier alpha value is -0.800. The third-order valence-electron chi connectivity index (χ3n) is 2.86. The second-order valence-electron chi connectivity index (χ2n) is 5.37. The Morgan fingerprint density at radius 1 is 1.29 bits per heavy atom. The molecule has 2 N–H and O–H groups in total. The first kappa shape index (κ1) is 14.3. The molecule has 1 unspecified atom stereocenters. The Kier molecular flexibility index (Phi) is 5.22. The molecule has 0 radical (unpaired) electrons. The molecule has 3 heteroatoms. The van der Waals surface area contributed by atoms with E-state index in [0.29, 0.717) is 13.2 Å². The van der Waals surface area contributed by atoms with Crippen LogP contribution in [0.15, 0.2) is 23.4 Å². The van der Waals surface area contributed by atoms with E-state index < -0.39 is 0 Å². The highest BCUT2D eigenvalue weighted by Crippen LogP contribution is 2.34. The lowest BCUT2D eigenvalue weighted by molar-refractivity contribution is 0.0156. The van der Waals surface area contributed by atoms with E-state index in [-0.39, 0.29) is 11.5 Å². The predicted molar refractivity (Wildman–Crippen MR) is 70.7 cm³/mol. The molecule has 0 saturated heterocycles. The first-order chi connectivity index (χ1) is 7.95. The van der Waals surface area contributed by atoms with Crippen molar-refractivity contribution in [2.45, 2.75) is 40.2 Å². The van der Waals surface area contributed by atoms with Gasteiger partial charge in [0.15, 0.2) is 0 Å². The quantitative estimate of drug-likeness (QED) is 0.750. The van der Waals surface area contributed by atoms with Crippen molar-refractivity contribution >= 4 is 0 Å². The molecule has 1 aliphatic carbocycles. The van der Waals surface area contributed by atoms with E-state index in [9.17, 15) is 0 Å². The summed E-state index contributed by atoms with van der Waals surface area (Å²) in [4.78, 5) is 0. The average Bonchev–Trinajstić information content (AvgIpc) is 2.23. The lowest BCUT2D eigenvalue weighted by Crippen LogP contribution is -2.29. The molecular weight excluding hydrogens is 214 g/mol. The first-order valence-corrected chi connectivity index (χ1v) is 6.31. The van der Waals surface area contributed by atoms with E-state index in [1.807, 2.05) is 13.0 Å². The minimum atomic E-state index is 0.0976. The Morgan fingerprint density at radius 2 is 2.00 bits per heavy atom. The molecule has 0 saturated carbocycles. The van der Waals surface area contributed by atoms with Crippen LogP contribution in [0, 0.1) is 5.41 Å². The zero-order chi connectivity index (χ0) is 12.9. The molecule has 0 fully saturated rings. The van der Waals surface area contributed by atoms with Gasteiger partial charge in [0, 0.05) is 18.7 Å². The van der Waals surface area contributed by atoms with Crippen molar-refractivity contribution in [1.82, 2.24) is 0 Å². The standard InChI is InChI=1S/C14H25NO2/c1-5-16-8-9-17-13-10-11(15)6-7-12(13)14(2,3)4/h6-7,13H,5,8-10,15H2,1-4H3. The highest BCUT2D eigenvalue weighted by Gasteiger charge is 2.27. The smallest absolute Gasteiger partial charge is 0.0848 e. The largest absolute Gasteiger partial charge is 0.402 e. The lowest BCUT2D eigenvalue weighted by Gasteiger charge is -2.32. The molecule has 0 spiro atoms. The number of allylic oxidation sites excluding steroid dienone is 2. The second-order valence-corrected chi connectivity index (χ2v) is 5.37. The zero-order valence-corrected chi connectivity index (χ0v) is 11.5. The minimum absolute atomic E-state index is 0.0976. The molecule has 1 atom stereocenters. The van der Waals surface area contributed by atoms with Crippen LogP contribution in [0.25, 0.3) is 0 Å². The minimum Gasteiger partial charge on any atom is -0.402 e. The summed E-state index contributed by atoms with van der Waals surface area (Å²) >= 11 is 0. The topological polar surface area (TPSA) is 44.5 Å². The van der Waals surface area contributed by atoms with Gasteiger partial charge in [-0.15, -0.1) is 0 Å². The molecule has 0 bridgehead atoms. The summed E-state index contributed by atoms with van der Waals surface area (Å²) in [5.74, 6) is 0. The Bertz CT molecular complexity index is 300. The molecule has 1 aliphatic rings. The van der Waals surface area contributed by atoms with Gasteiger partial charge in [-0.2, -0.15) is 0 Å². The van der Waals surface area contributed by atoms with E-state index in [1.165, 1.54) is 5.57 Å². The van der Waals surface area contributed by atoms with Crippen molar-refractivity contribution in [3.8, 4) is 0 Å². The Morgan fingerprint density at radius 3 is 2.59 bits per heavy atom. The summed E-state index contributed by atoms with van der Waals surface area (Å²) in [6.45, 7) is 10.6. The number of ether oxygens (including phenoxy) is 2. The van der Waals surface area contributed by atoms with Crippen LogP contribution in [-0.4, -0.2) is 25.9 Å². The molecule has 3 nitrogen and oxygen atoms in total. The summed E-state index contributed by atoms with van der Waals surface area (Å²) in [6, 6.07) is 0. The summed E-state index contributed by atoms with van der Waals surface area (Å²) in [7, 11) is 0. The van der Waals surface area contributed by atoms with Crippen molar-refractivity contribution in [2.75, 3.05) is 19.8 Å². The van der Waals surface area contributed by atoms with E-state index in [0.717, 1.165) is 18.7 Å². The van der Waals surface area contributed by atoms with Gasteiger partial charge in [-0.05, 0) is 24.0 Å². The van der Waals surface area contributed by atoms with Gasteiger partial charge in [0.05, 0.1) is 19.3 Å². The molecule has 0 heterocycles. The van der Waals surface area contributed by atoms with Gasteiger partial charge >= 0.3 is 0 Å². The van der Waals surface area contributed by atoms with Gasteiger partial charge in [0.1, 0.15) is 0 Å². The maximum atomic E-state index is 5.88. The van der Waals surface area contributed by atoms with Crippen LogP contribution in [0.4, 0.5) is 0 Å². The number of hydrogen-bond donors (Lipinski definition) is 1. The van der Waals surface area contributed by atoms with Crippen LogP contribution in [-0.2, 0) is 9.47 Å². The summed E-state index contributed by atoms with van der Waals surface area (Å²) in [6.07, 6.45) is 4.98. The van der Waals surface area contributed by atoms with Crippen LogP contribution < -0.4 is 5.73 Å². The molecule has 0 aromatic carbocycles. The van der Waals surface area contributed by atoms with Gasteiger partial charge in [-0.3, -0.25) is 0 Å². The fraction of sp³-hybridized carbons (Fsp3) is 0.714. The van der Waals surface area contributed by atoms with Crippen LogP contribution in [0.3, 0.4) is 0 Å². The average molecular weight is 239 g/mol. The third kappa shape index (κ3) is 4.52. The van der Waals surface area contributed by atoms with Crippen molar-refractivity contribution in [3.63, 3.8) is 0 Å². The summed E-state index contributed by atoms with van der Waals surface area (Å²) in [5.41, 5.74) is 8.18. The maximum absolute atomic E-state index is 5.88. The van der Waals surface area contributed by atoms with Crippen molar-refractivity contribution < 1.29 is 9.47 Å². The van der Waals surface area contributed by atoms with E-state index in [4.69, 9.17) is 15.2 Å². The van der Waals surface area contributed by atoms with E-state index >= 15 is 0 Å². The molecule has 17 heavy (non-hydrogen) atoms. The van der Waals surface area contributed by atoms with Crippen LogP contribution >= 0.6 is 0 Å². The van der Waals surface area contributed by atoms with Gasteiger partial charge < -0.3 is 15.2 Å². The summed E-state index contributed by atoms with van der Waals surface area (Å²) < 4.78 is 11.2. The molecule has 98 valence electrons. The fourth-order valence-corrected chi connectivity index (χ4v) is 1.97. The molecule has 1 rings (SSSR count). The highest BCUT2D eigenvalue weighted by molar-refractivity contribution is 5.30. The van der Waals surface area contributed by atoms with Crippen molar-refractivity contribution in [1.29, 1.82) is 0 Å². The first-order valence-electron chi connectivity index (χ1n) is 6.31. The fourth-order valence-electron chi connectivity index (χ4n) is 1.97. The number of hydrogen-bond acceptors (Lipinski definition) is 3. The molecule has 0 amide bonds. The summed E-state index contributed by atoms with van der Waals surface area (Å²) in [5, 5.41) is 0. The maximum Gasteiger partial charge on any atom is 0.0848 e. The van der Waals surface area contributed by atoms with Gasteiger partial charge in [0.2, 0.25) is 0 Å². The monoisotopic (exact) mass is 239 g/mol. The predicted octanol–water partition coefficient (Wildman–Crippen LogP) is 2.63. The SMILES string of the molecule is CCOCCOC1CC(N)=CC=C1C(C)(C)C. The second kappa shape index (κ2) is 6.22. The van der Waals surface area contributed by atoms with Gasteiger partial charge in [0.25, 0.3) is 0 Å². The normalized spacial score (nSPS) is 21.1. The number of nitrogens with two attached hydrogens (primary N) is 1. The van der Waals surface area contributed by atoms with Crippen molar-refractivity contribution in [2.24, 2.45) is 11.1 Å². The molecule has 0 aliphatic heterocycles. The van der Waals surface area contributed by atoms with Crippen LogP contribution in [0.2, 0.25) is 0 Å². The number of rotatable bonds is 5. The Balaban J connectivity index is 2.58. The van der Waals surface area contributed by atoms with Gasteiger partial charge in [-0.1, -0.05) is 26.8 Å². The Labute approximate surface area is 105 Å². The van der Waals surface area contributed by atoms with Crippen molar-refractivity contribution in [3.05, 3.63) is 23.4 Å². The highest BCUT2D eigenvalue weighted by atomic mass is 16.5. The lowest BCUT2D eigenvalue weighted by atomic mass is 9.79. The zero-order valence-electron chi connectivity index (χ0n) is 11.5. The molecule has 0 aromatic heterocycles. The van der Waals surface area contributed by atoms with Crippen LogP contribution in [0.5, 0.6) is 0 Å². The molecular formula is C14H25NO2. The van der Waals surface area contributed by atoms with Crippen LogP contribution in [0.1, 0.15) is 34.1 Å². The molecule has 0 aromatic rings. The van der Waals surface area contributed by atoms with Gasteiger partial charge in [-0.25, -0.2) is 0 Å². The van der Waals surface area contributed by atoms with E-state index in [1.54, 1.807) is 0 Å². The van der Waals surface area contributed by atoms with E-state index in [2.05, 4.69) is 26.8 Å².